The number of carbonyl (C=O) groups is 2. The molecule has 0 saturated heterocycles. The number of benzene rings is 2. The Morgan fingerprint density at radius 3 is 1.62 bits per heavy atom. The molecule has 2 N–H and O–H groups in total. The van der Waals surface area contributed by atoms with Crippen molar-refractivity contribution < 1.29 is 35.5 Å². The van der Waals surface area contributed by atoms with Crippen LogP contribution in [0.2, 0.25) is 0 Å². The zero-order chi connectivity index (χ0) is 17.9. The summed E-state index contributed by atoms with van der Waals surface area (Å²) in [4.78, 5) is 22.6. The monoisotopic (exact) mass is 414 g/mol. The fourth-order valence-corrected chi connectivity index (χ4v) is 4.59. The van der Waals surface area contributed by atoms with Gasteiger partial charge in [-0.15, -0.1) is 0 Å². The van der Waals surface area contributed by atoms with Gasteiger partial charge in [0.2, 0.25) is 0 Å². The van der Waals surface area contributed by atoms with E-state index in [1.807, 2.05) is 0 Å². The molecule has 0 spiro atoms. The van der Waals surface area contributed by atoms with E-state index in [0.717, 1.165) is 6.07 Å². The van der Waals surface area contributed by atoms with Crippen molar-refractivity contribution in [2.75, 3.05) is 0 Å². The van der Waals surface area contributed by atoms with Gasteiger partial charge in [-0.05, 0) is 12.1 Å². The van der Waals surface area contributed by atoms with Crippen molar-refractivity contribution in [1.29, 1.82) is 0 Å². The molecule has 1 aliphatic rings. The quantitative estimate of drug-likeness (QED) is 0.447. The molecule has 2 aromatic carbocycles. The van der Waals surface area contributed by atoms with Crippen LogP contribution in [-0.2, 0) is 20.2 Å². The molecule has 2 aromatic rings. The predicted molar refractivity (Wildman–Crippen MR) is 90.9 cm³/mol. The topological polar surface area (TPSA) is 143 Å². The van der Waals surface area contributed by atoms with Crippen molar-refractivity contribution in [2.24, 2.45) is 0 Å². The van der Waals surface area contributed by atoms with Crippen LogP contribution in [0.25, 0.3) is 0 Å². The molecule has 1 aliphatic carbocycles. The Morgan fingerprint density at radius 1 is 0.654 bits per heavy atom. The Bertz CT molecular complexity index is 1140. The SMILES string of the molecule is O=C1c2ccccc2C(=O)c2c1ccc(S(=O)(=O)O)c2S(=O)(=O)O.[Na].[Na]. The number of carbonyl (C=O) groups excluding carboxylic acids is 2. The normalized spacial score (nSPS) is 13.2. The first kappa shape index (κ1) is 23.6. The molecule has 3 rings (SSSR count). The summed E-state index contributed by atoms with van der Waals surface area (Å²) in [6, 6.07) is 7.15. The Hall–Kier alpha value is -0.400. The summed E-state index contributed by atoms with van der Waals surface area (Å²) < 4.78 is 64.7. The van der Waals surface area contributed by atoms with Gasteiger partial charge in [0.15, 0.2) is 11.6 Å². The largest absolute Gasteiger partial charge is 0.296 e. The van der Waals surface area contributed by atoms with E-state index in [1.165, 1.54) is 24.3 Å². The van der Waals surface area contributed by atoms with Crippen LogP contribution in [0.5, 0.6) is 0 Å². The molecule has 26 heavy (non-hydrogen) atoms. The van der Waals surface area contributed by atoms with E-state index in [9.17, 15) is 35.5 Å². The minimum Gasteiger partial charge on any atom is -0.289 e. The van der Waals surface area contributed by atoms with Gasteiger partial charge in [0.05, 0.1) is 5.56 Å². The molecule has 0 atom stereocenters. The van der Waals surface area contributed by atoms with Crippen LogP contribution in [0, 0.1) is 0 Å². The van der Waals surface area contributed by atoms with E-state index < -0.39 is 47.2 Å². The standard InChI is InChI=1S/C14H8O8S2.2Na/c15-12-7-3-1-2-4-8(7)13(16)11-9(12)5-6-10(23(17,18)19)14(11)24(20,21)22;;/h1-6H,(H,17,18,19)(H,20,21,22);;. The summed E-state index contributed by atoms with van der Waals surface area (Å²) in [5, 5.41) is 0. The van der Waals surface area contributed by atoms with Gasteiger partial charge >= 0.3 is 0 Å². The molecule has 126 valence electrons. The molecule has 0 saturated carbocycles. The Labute approximate surface area is 193 Å². The van der Waals surface area contributed by atoms with Crippen LogP contribution in [0.1, 0.15) is 31.8 Å². The third-order valence-electron chi connectivity index (χ3n) is 3.55. The van der Waals surface area contributed by atoms with E-state index in [1.54, 1.807) is 0 Å². The van der Waals surface area contributed by atoms with Gasteiger partial charge in [-0.1, -0.05) is 24.3 Å². The predicted octanol–water partition coefficient (Wildman–Crippen LogP) is 0.194. The molecular formula is C14H8Na2O8S2. The van der Waals surface area contributed by atoms with Crippen molar-refractivity contribution >= 4 is 90.9 Å². The molecular weight excluding hydrogens is 406 g/mol. The van der Waals surface area contributed by atoms with Crippen LogP contribution in [0.4, 0.5) is 0 Å². The molecule has 0 unspecified atom stereocenters. The third-order valence-corrected chi connectivity index (χ3v) is 5.51. The van der Waals surface area contributed by atoms with Gasteiger partial charge in [0, 0.05) is 75.8 Å². The van der Waals surface area contributed by atoms with Crippen LogP contribution >= 0.6 is 0 Å². The van der Waals surface area contributed by atoms with Gasteiger partial charge in [-0.2, -0.15) is 16.8 Å². The maximum Gasteiger partial charge on any atom is 0.296 e. The number of ketones is 2. The van der Waals surface area contributed by atoms with Gasteiger partial charge in [-0.25, -0.2) is 0 Å². The minimum absolute atomic E-state index is 0. The van der Waals surface area contributed by atoms with E-state index >= 15 is 0 Å². The van der Waals surface area contributed by atoms with Crippen molar-refractivity contribution in [1.82, 2.24) is 0 Å². The Morgan fingerprint density at radius 2 is 1.15 bits per heavy atom. The van der Waals surface area contributed by atoms with Crippen molar-refractivity contribution in [3.8, 4) is 0 Å². The first-order valence-corrected chi connectivity index (χ1v) is 9.22. The first-order valence-electron chi connectivity index (χ1n) is 6.34. The zero-order valence-corrected chi connectivity index (χ0v) is 19.3. The zero-order valence-electron chi connectivity index (χ0n) is 13.6. The molecule has 0 aromatic heterocycles. The van der Waals surface area contributed by atoms with E-state index in [2.05, 4.69) is 0 Å². The first-order chi connectivity index (χ1) is 11.0. The summed E-state index contributed by atoms with van der Waals surface area (Å²) in [7, 11) is -10.3. The van der Waals surface area contributed by atoms with Crippen LogP contribution in [0.3, 0.4) is 0 Å². The van der Waals surface area contributed by atoms with E-state index in [-0.39, 0.29) is 75.8 Å². The van der Waals surface area contributed by atoms with E-state index in [0.29, 0.717) is 6.07 Å². The summed E-state index contributed by atoms with van der Waals surface area (Å²) >= 11 is 0. The molecule has 0 bridgehead atoms. The third kappa shape index (κ3) is 3.90. The average Bonchev–Trinajstić information content (AvgIpc) is 2.49. The smallest absolute Gasteiger partial charge is 0.289 e. The summed E-state index contributed by atoms with van der Waals surface area (Å²) in [6.45, 7) is 0. The number of rotatable bonds is 2. The molecule has 2 radical (unpaired) electrons. The molecule has 8 nitrogen and oxygen atoms in total. The molecule has 0 aliphatic heterocycles. The van der Waals surface area contributed by atoms with Crippen LogP contribution < -0.4 is 0 Å². The minimum atomic E-state index is -5.23. The van der Waals surface area contributed by atoms with Gasteiger partial charge in [0.1, 0.15) is 9.79 Å². The van der Waals surface area contributed by atoms with Crippen molar-refractivity contribution in [2.45, 2.75) is 9.79 Å². The summed E-state index contributed by atoms with van der Waals surface area (Å²) in [5.41, 5.74) is -1.27. The Balaban J connectivity index is 0.00000169. The van der Waals surface area contributed by atoms with Crippen LogP contribution in [0.15, 0.2) is 46.2 Å². The second-order valence-corrected chi connectivity index (χ2v) is 7.72. The fraction of sp³-hybridized carbons (Fsp3) is 0. The second-order valence-electron chi connectivity index (χ2n) is 4.97. The number of hydrogen-bond acceptors (Lipinski definition) is 6. The van der Waals surface area contributed by atoms with Gasteiger partial charge < -0.3 is 0 Å². The van der Waals surface area contributed by atoms with Crippen molar-refractivity contribution in [3.05, 3.63) is 58.7 Å². The van der Waals surface area contributed by atoms with E-state index in [4.69, 9.17) is 0 Å². The second kappa shape index (κ2) is 7.92. The molecule has 12 heteroatoms. The van der Waals surface area contributed by atoms with Gasteiger partial charge in [-0.3, -0.25) is 18.7 Å². The molecule has 0 heterocycles. The summed E-state index contributed by atoms with van der Waals surface area (Å²) in [6.07, 6.45) is 0. The maximum absolute atomic E-state index is 12.6. The summed E-state index contributed by atoms with van der Waals surface area (Å²) in [5.74, 6) is -1.65. The maximum atomic E-state index is 12.6. The van der Waals surface area contributed by atoms with Crippen LogP contribution in [-0.4, -0.2) is 96.6 Å². The fourth-order valence-electron chi connectivity index (χ4n) is 2.60. The number of hydrogen-bond donors (Lipinski definition) is 2. The van der Waals surface area contributed by atoms with Gasteiger partial charge in [0.25, 0.3) is 20.2 Å². The molecule has 0 amide bonds. The Kier molecular flexibility index (Phi) is 7.20. The average molecular weight is 414 g/mol. The number of fused-ring (bicyclic) bond motifs is 2. The van der Waals surface area contributed by atoms with Crippen molar-refractivity contribution in [3.63, 3.8) is 0 Å². The molecule has 0 fully saturated rings.